The molecule has 0 unspecified atom stereocenters. The van der Waals surface area contributed by atoms with Gasteiger partial charge >= 0.3 is 0 Å². The molecule has 0 spiro atoms. The number of amides is 1. The van der Waals surface area contributed by atoms with Crippen molar-refractivity contribution in [3.63, 3.8) is 0 Å². The molecule has 2 saturated heterocycles. The van der Waals surface area contributed by atoms with Crippen molar-refractivity contribution in [2.24, 2.45) is 10.4 Å². The summed E-state index contributed by atoms with van der Waals surface area (Å²) in [5.41, 5.74) is 0.318. The van der Waals surface area contributed by atoms with Crippen LogP contribution in [0.5, 0.6) is 0 Å². The number of thioether (sulfide) groups is 1. The van der Waals surface area contributed by atoms with Gasteiger partial charge in [-0.3, -0.25) is 4.79 Å². The van der Waals surface area contributed by atoms with Gasteiger partial charge in [-0.1, -0.05) is 62.3 Å². The van der Waals surface area contributed by atoms with Crippen LogP contribution < -0.4 is 0 Å². The zero-order chi connectivity index (χ0) is 18.4. The lowest BCUT2D eigenvalue weighted by molar-refractivity contribution is -0.124. The Kier molecular flexibility index (Phi) is 4.94. The van der Waals surface area contributed by atoms with Gasteiger partial charge in [-0.25, -0.2) is 8.42 Å². The molecule has 2 atom stereocenters. The van der Waals surface area contributed by atoms with Gasteiger partial charge in [0.05, 0.1) is 17.5 Å². The third-order valence-corrected chi connectivity index (χ3v) is 7.93. The number of carbonyl (C=O) groups is 1. The highest BCUT2D eigenvalue weighted by Gasteiger charge is 2.49. The van der Waals surface area contributed by atoms with E-state index in [0.29, 0.717) is 16.7 Å². The molecule has 0 bridgehead atoms. The molecule has 136 valence electrons. The topological polar surface area (TPSA) is 66.8 Å². The average molecular weight is 401 g/mol. The second kappa shape index (κ2) is 6.59. The van der Waals surface area contributed by atoms with Crippen LogP contribution in [0.25, 0.3) is 0 Å². The fourth-order valence-electron chi connectivity index (χ4n) is 2.89. The number of hydrogen-bond donors (Lipinski definition) is 0. The molecular weight excluding hydrogens is 380 g/mol. The Morgan fingerprint density at radius 1 is 1.32 bits per heavy atom. The molecule has 25 heavy (non-hydrogen) atoms. The molecule has 2 aliphatic heterocycles. The number of sulfone groups is 1. The number of nitrogens with zero attached hydrogens (tertiary/aromatic N) is 2. The van der Waals surface area contributed by atoms with Crippen molar-refractivity contribution < 1.29 is 13.2 Å². The van der Waals surface area contributed by atoms with E-state index in [1.54, 1.807) is 6.07 Å². The highest BCUT2D eigenvalue weighted by molar-refractivity contribution is 8.15. The number of hydrogen-bond acceptors (Lipinski definition) is 4. The minimum Gasteiger partial charge on any atom is -0.342 e. The number of carbonyl (C=O) groups excluding carboxylic acids is 1. The van der Waals surface area contributed by atoms with Gasteiger partial charge in [0.2, 0.25) is 0 Å². The van der Waals surface area contributed by atoms with Gasteiger partial charge in [0, 0.05) is 22.2 Å². The zero-order valence-corrected chi connectivity index (χ0v) is 16.8. The zero-order valence-electron chi connectivity index (χ0n) is 14.4. The second-order valence-corrected chi connectivity index (χ2v) is 11.2. The summed E-state index contributed by atoms with van der Waals surface area (Å²) >= 11 is 7.66. The van der Waals surface area contributed by atoms with E-state index in [1.807, 2.05) is 43.9 Å². The van der Waals surface area contributed by atoms with E-state index in [9.17, 15) is 13.2 Å². The van der Waals surface area contributed by atoms with Crippen LogP contribution in [0.3, 0.4) is 0 Å². The summed E-state index contributed by atoms with van der Waals surface area (Å²) in [5, 5.41) is 1.14. The maximum atomic E-state index is 12.4. The lowest BCUT2D eigenvalue weighted by Gasteiger charge is -2.25. The molecule has 2 fully saturated rings. The van der Waals surface area contributed by atoms with Gasteiger partial charge in [-0.2, -0.15) is 4.99 Å². The third kappa shape index (κ3) is 4.04. The van der Waals surface area contributed by atoms with Crippen LogP contribution in [0.4, 0.5) is 0 Å². The molecule has 0 saturated carbocycles. The fourth-order valence-corrected chi connectivity index (χ4v) is 7.03. The minimum atomic E-state index is -3.06. The second-order valence-electron chi connectivity index (χ2n) is 7.47. The van der Waals surface area contributed by atoms with Crippen molar-refractivity contribution in [3.8, 4) is 0 Å². The van der Waals surface area contributed by atoms with Crippen LogP contribution in [0, 0.1) is 5.41 Å². The lowest BCUT2D eigenvalue weighted by atomic mass is 9.96. The Bertz CT molecular complexity index is 831. The Hall–Kier alpha value is -1.05. The van der Waals surface area contributed by atoms with E-state index in [0.717, 1.165) is 5.56 Å². The molecule has 1 amide bonds. The normalized spacial score (nSPS) is 26.9. The van der Waals surface area contributed by atoms with Crippen molar-refractivity contribution >= 4 is 44.3 Å². The molecule has 0 aromatic heterocycles. The van der Waals surface area contributed by atoms with E-state index in [4.69, 9.17) is 11.6 Å². The monoisotopic (exact) mass is 400 g/mol. The predicted octanol–water partition coefficient (Wildman–Crippen LogP) is 2.98. The maximum Gasteiger partial charge on any atom is 0.253 e. The van der Waals surface area contributed by atoms with Crippen LogP contribution in [0.2, 0.25) is 5.02 Å². The number of rotatable bonds is 2. The Morgan fingerprint density at radius 3 is 2.64 bits per heavy atom. The first kappa shape index (κ1) is 18.7. The van der Waals surface area contributed by atoms with Crippen LogP contribution in [-0.2, 0) is 21.2 Å². The third-order valence-electron chi connectivity index (χ3n) is 4.31. The number of halogens is 1. The number of benzene rings is 1. The van der Waals surface area contributed by atoms with E-state index in [1.165, 1.54) is 11.8 Å². The van der Waals surface area contributed by atoms with Crippen molar-refractivity contribution in [1.82, 2.24) is 4.90 Å². The van der Waals surface area contributed by atoms with Crippen LogP contribution >= 0.6 is 23.4 Å². The highest BCUT2D eigenvalue weighted by atomic mass is 35.5. The Balaban J connectivity index is 1.94. The summed E-state index contributed by atoms with van der Waals surface area (Å²) in [4.78, 5) is 18.6. The summed E-state index contributed by atoms with van der Waals surface area (Å²) in [6.07, 6.45) is 0. The molecule has 0 aliphatic carbocycles. The fraction of sp³-hybridized carbons (Fsp3) is 0.529. The van der Waals surface area contributed by atoms with Gasteiger partial charge in [-0.05, 0) is 11.6 Å². The molecule has 1 aromatic carbocycles. The molecule has 3 rings (SSSR count). The summed E-state index contributed by atoms with van der Waals surface area (Å²) < 4.78 is 24.0. The van der Waals surface area contributed by atoms with Crippen LogP contribution in [-0.4, -0.2) is 47.2 Å². The first-order valence-electron chi connectivity index (χ1n) is 8.07. The molecule has 8 heteroatoms. The average Bonchev–Trinajstić information content (AvgIpc) is 2.93. The molecule has 5 nitrogen and oxygen atoms in total. The molecule has 0 radical (unpaired) electrons. The molecule has 2 heterocycles. The predicted molar refractivity (Wildman–Crippen MR) is 103 cm³/mol. The minimum absolute atomic E-state index is 0.0843. The first-order chi connectivity index (χ1) is 11.6. The van der Waals surface area contributed by atoms with Gasteiger partial charge in [-0.15, -0.1) is 0 Å². The molecule has 2 aliphatic rings. The summed E-state index contributed by atoms with van der Waals surface area (Å²) in [5.74, 6) is 0.0176. The summed E-state index contributed by atoms with van der Waals surface area (Å²) in [6.45, 7) is 5.91. The Labute approximate surface area is 157 Å². The van der Waals surface area contributed by atoms with Gasteiger partial charge in [0.15, 0.2) is 15.0 Å². The van der Waals surface area contributed by atoms with E-state index < -0.39 is 15.3 Å². The van der Waals surface area contributed by atoms with Crippen molar-refractivity contribution in [3.05, 3.63) is 34.9 Å². The van der Waals surface area contributed by atoms with Crippen molar-refractivity contribution in [2.45, 2.75) is 38.6 Å². The standard InChI is InChI=1S/C17H21ClN2O3S2/c1-17(2,3)15(21)19-16-20(8-11-6-4-5-7-12(11)18)13-9-25(22,23)10-14(13)24-16/h4-7,13-14H,8-10H2,1-3H3/t13-,14-/m1/s1. The van der Waals surface area contributed by atoms with E-state index >= 15 is 0 Å². The molecular formula is C17H21ClN2O3S2. The number of amidine groups is 1. The SMILES string of the molecule is CC(C)(C)C(=O)N=C1S[C@@H]2CS(=O)(=O)C[C@H]2N1Cc1ccccc1Cl. The first-order valence-corrected chi connectivity index (χ1v) is 11.1. The number of fused-ring (bicyclic) bond motifs is 1. The number of aliphatic imine (C=N–C) groups is 1. The molecule has 1 aromatic rings. The molecule has 0 N–H and O–H groups in total. The van der Waals surface area contributed by atoms with E-state index in [2.05, 4.69) is 4.99 Å². The van der Waals surface area contributed by atoms with Gasteiger partial charge in [0.25, 0.3) is 5.91 Å². The Morgan fingerprint density at radius 2 is 2.00 bits per heavy atom. The van der Waals surface area contributed by atoms with E-state index in [-0.39, 0.29) is 28.7 Å². The summed E-state index contributed by atoms with van der Waals surface area (Å²) in [6, 6.07) is 7.29. The lowest BCUT2D eigenvalue weighted by Crippen LogP contribution is -2.37. The summed E-state index contributed by atoms with van der Waals surface area (Å²) in [7, 11) is -3.06. The van der Waals surface area contributed by atoms with Gasteiger partial charge < -0.3 is 4.90 Å². The van der Waals surface area contributed by atoms with Crippen LogP contribution in [0.15, 0.2) is 29.3 Å². The van der Waals surface area contributed by atoms with Crippen molar-refractivity contribution in [2.75, 3.05) is 11.5 Å². The quantitative estimate of drug-likeness (QED) is 0.763. The van der Waals surface area contributed by atoms with Crippen LogP contribution in [0.1, 0.15) is 26.3 Å². The van der Waals surface area contributed by atoms with Gasteiger partial charge in [0.1, 0.15) is 0 Å². The van der Waals surface area contributed by atoms with Crippen molar-refractivity contribution in [1.29, 1.82) is 0 Å². The highest BCUT2D eigenvalue weighted by Crippen LogP contribution is 2.39. The smallest absolute Gasteiger partial charge is 0.253 e. The maximum absolute atomic E-state index is 12.4. The largest absolute Gasteiger partial charge is 0.342 e.